The smallest absolute Gasteiger partial charge is 0.251 e. The number of nitrogens with two attached hydrogens (primary N) is 1. The lowest BCUT2D eigenvalue weighted by atomic mass is 9.96. The maximum Gasteiger partial charge on any atom is 0.251 e. The monoisotopic (exact) mass is 555 g/mol. The van der Waals surface area contributed by atoms with Crippen LogP contribution >= 0.6 is 0 Å². The van der Waals surface area contributed by atoms with E-state index in [1.165, 1.54) is 0 Å². The number of pyridine rings is 2. The number of benzene rings is 1. The number of aryl methyl sites for hydroxylation is 3. The summed E-state index contributed by atoms with van der Waals surface area (Å²) in [5.41, 5.74) is 12.5. The van der Waals surface area contributed by atoms with E-state index in [0.29, 0.717) is 18.4 Å². The van der Waals surface area contributed by atoms with E-state index in [1.807, 2.05) is 29.9 Å². The van der Waals surface area contributed by atoms with Gasteiger partial charge in [0, 0.05) is 60.6 Å². The molecule has 41 heavy (non-hydrogen) atoms. The molecule has 1 aliphatic rings. The molecule has 3 N–H and O–H groups in total. The lowest BCUT2D eigenvalue weighted by Crippen LogP contribution is -2.44. The van der Waals surface area contributed by atoms with E-state index >= 15 is 0 Å². The molecule has 4 heterocycles. The molecule has 1 fully saturated rings. The van der Waals surface area contributed by atoms with Gasteiger partial charge in [0.2, 0.25) is 5.91 Å². The first-order valence-electron chi connectivity index (χ1n) is 14.6. The fraction of sp³-hybridized carbons (Fsp3) is 0.438. The average molecular weight is 556 g/mol. The van der Waals surface area contributed by atoms with Crippen LogP contribution in [0, 0.1) is 6.92 Å². The van der Waals surface area contributed by atoms with Gasteiger partial charge in [-0.1, -0.05) is 13.3 Å². The van der Waals surface area contributed by atoms with Gasteiger partial charge in [0.25, 0.3) is 5.56 Å². The molecular weight excluding hydrogens is 514 g/mol. The second-order valence-corrected chi connectivity index (χ2v) is 11.5. The molecule has 1 aliphatic heterocycles. The van der Waals surface area contributed by atoms with Crippen molar-refractivity contribution in [3.05, 3.63) is 75.0 Å². The number of fused-ring (bicyclic) bond motifs is 1. The Morgan fingerprint density at radius 3 is 2.44 bits per heavy atom. The first-order valence-corrected chi connectivity index (χ1v) is 14.6. The van der Waals surface area contributed by atoms with Gasteiger partial charge in [-0.15, -0.1) is 0 Å². The van der Waals surface area contributed by atoms with Gasteiger partial charge in [-0.05, 0) is 88.5 Å². The fourth-order valence-electron chi connectivity index (χ4n) is 5.85. The number of carbonyl (C=O) groups excluding carboxylic acids is 1. The Hall–Kier alpha value is -3.98. The van der Waals surface area contributed by atoms with Crippen molar-refractivity contribution < 1.29 is 4.79 Å². The predicted octanol–water partition coefficient (Wildman–Crippen LogP) is 4.26. The number of nitrogens with one attached hydrogen (secondary N) is 1. The third kappa shape index (κ3) is 5.91. The summed E-state index contributed by atoms with van der Waals surface area (Å²) >= 11 is 0. The van der Waals surface area contributed by atoms with Crippen LogP contribution in [-0.4, -0.2) is 63.8 Å². The second-order valence-electron chi connectivity index (χ2n) is 11.5. The normalized spacial score (nSPS) is 14.3. The van der Waals surface area contributed by atoms with Crippen molar-refractivity contribution in [1.82, 2.24) is 24.6 Å². The van der Waals surface area contributed by atoms with Crippen molar-refractivity contribution in [2.45, 2.75) is 59.4 Å². The fourth-order valence-corrected chi connectivity index (χ4v) is 5.85. The SMILES string of the molecule is CCCc1cc(C)[nH]c(=O)c1CCc1nn(C(C)C)c2cc(-c3ccc(N4CCN(C)CC4)nc3)cc(C(N)=O)c12. The van der Waals surface area contributed by atoms with Crippen molar-refractivity contribution in [3.63, 3.8) is 0 Å². The van der Waals surface area contributed by atoms with Crippen LogP contribution in [-0.2, 0) is 19.3 Å². The lowest BCUT2D eigenvalue weighted by molar-refractivity contribution is 0.100. The minimum atomic E-state index is -0.497. The Morgan fingerprint density at radius 2 is 1.80 bits per heavy atom. The molecule has 9 heteroatoms. The van der Waals surface area contributed by atoms with Crippen LogP contribution in [0.25, 0.3) is 22.0 Å². The maximum atomic E-state index is 12.9. The van der Waals surface area contributed by atoms with Gasteiger partial charge >= 0.3 is 0 Å². The Balaban J connectivity index is 1.53. The molecule has 3 aromatic heterocycles. The molecule has 0 bridgehead atoms. The molecule has 9 nitrogen and oxygen atoms in total. The Morgan fingerprint density at radius 1 is 1.05 bits per heavy atom. The summed E-state index contributed by atoms with van der Waals surface area (Å²) in [6.07, 6.45) is 4.74. The zero-order chi connectivity index (χ0) is 29.3. The number of nitrogens with zero attached hydrogens (tertiary/aromatic N) is 5. The molecule has 0 aliphatic carbocycles. The largest absolute Gasteiger partial charge is 0.366 e. The number of amides is 1. The van der Waals surface area contributed by atoms with Crippen LogP contribution in [0.15, 0.2) is 41.3 Å². The summed E-state index contributed by atoms with van der Waals surface area (Å²) in [5.74, 6) is 0.462. The Bertz CT molecular complexity index is 1610. The molecule has 1 amide bonds. The molecule has 5 rings (SSSR count). The van der Waals surface area contributed by atoms with Crippen LogP contribution in [0.1, 0.15) is 66.1 Å². The number of carbonyl (C=O) groups is 1. The molecule has 0 unspecified atom stereocenters. The van der Waals surface area contributed by atoms with E-state index in [1.54, 1.807) is 0 Å². The molecule has 0 radical (unpaired) electrons. The zero-order valence-electron chi connectivity index (χ0n) is 24.8. The summed E-state index contributed by atoms with van der Waals surface area (Å²) in [4.78, 5) is 38.0. The van der Waals surface area contributed by atoms with Gasteiger partial charge < -0.3 is 20.5 Å². The quantitative estimate of drug-likeness (QED) is 0.319. The van der Waals surface area contributed by atoms with E-state index < -0.39 is 5.91 Å². The number of primary amides is 1. The van der Waals surface area contributed by atoms with Crippen LogP contribution in [0.4, 0.5) is 5.82 Å². The molecule has 0 spiro atoms. The topological polar surface area (TPSA) is 113 Å². The van der Waals surface area contributed by atoms with Crippen molar-refractivity contribution >= 4 is 22.6 Å². The van der Waals surface area contributed by atoms with E-state index in [0.717, 1.165) is 89.4 Å². The number of piperazine rings is 1. The predicted molar refractivity (Wildman–Crippen MR) is 165 cm³/mol. The third-order valence-electron chi connectivity index (χ3n) is 8.04. The third-order valence-corrected chi connectivity index (χ3v) is 8.04. The molecule has 1 saturated heterocycles. The van der Waals surface area contributed by atoms with Gasteiger partial charge in [-0.3, -0.25) is 14.3 Å². The first-order chi connectivity index (χ1) is 19.7. The summed E-state index contributed by atoms with van der Waals surface area (Å²) < 4.78 is 1.96. The number of aromatic amines is 1. The van der Waals surface area contributed by atoms with Gasteiger partial charge in [-0.25, -0.2) is 4.98 Å². The minimum absolute atomic E-state index is 0.0500. The van der Waals surface area contributed by atoms with Crippen molar-refractivity contribution in [1.29, 1.82) is 0 Å². The number of hydrogen-bond donors (Lipinski definition) is 2. The van der Waals surface area contributed by atoms with E-state index in [4.69, 9.17) is 15.8 Å². The standard InChI is InChI=1S/C32H41N7O2/c1-6-7-22-16-21(4)35-32(41)25(22)9-10-27-30-26(31(33)40)17-24(18-28(30)39(36-27)20(2)3)23-8-11-29(34-19-23)38-14-12-37(5)13-15-38/h8,11,16-20H,6-7,9-10,12-15H2,1-5H3,(H2,33,40)(H,35,41). The molecule has 4 aromatic rings. The molecule has 0 saturated carbocycles. The summed E-state index contributed by atoms with van der Waals surface area (Å²) in [5, 5.41) is 5.72. The highest BCUT2D eigenvalue weighted by Crippen LogP contribution is 2.32. The van der Waals surface area contributed by atoms with Crippen molar-refractivity contribution in [3.8, 4) is 11.1 Å². The number of H-pyrrole nitrogens is 1. The first kappa shape index (κ1) is 28.5. The van der Waals surface area contributed by atoms with Gasteiger partial charge in [0.1, 0.15) is 5.82 Å². The number of anilines is 1. The van der Waals surface area contributed by atoms with E-state index in [2.05, 4.69) is 60.8 Å². The lowest BCUT2D eigenvalue weighted by Gasteiger charge is -2.33. The van der Waals surface area contributed by atoms with Crippen LogP contribution in [0.2, 0.25) is 0 Å². The van der Waals surface area contributed by atoms with Crippen LogP contribution in [0.5, 0.6) is 0 Å². The molecule has 1 aromatic carbocycles. The average Bonchev–Trinajstić information content (AvgIpc) is 3.31. The van der Waals surface area contributed by atoms with Gasteiger partial charge in [0.05, 0.1) is 16.8 Å². The number of likely N-dealkylation sites (N-methyl/N-ethyl adjacent to an activating group) is 1. The molecule has 216 valence electrons. The van der Waals surface area contributed by atoms with Crippen molar-refractivity contribution in [2.75, 3.05) is 38.1 Å². The van der Waals surface area contributed by atoms with E-state index in [-0.39, 0.29) is 11.6 Å². The highest BCUT2D eigenvalue weighted by Gasteiger charge is 2.22. The number of rotatable bonds is 9. The maximum absolute atomic E-state index is 12.9. The summed E-state index contributed by atoms with van der Waals surface area (Å²) in [7, 11) is 2.14. The van der Waals surface area contributed by atoms with Gasteiger partial charge in [-0.2, -0.15) is 5.10 Å². The Labute approximate surface area is 241 Å². The highest BCUT2D eigenvalue weighted by molar-refractivity contribution is 6.08. The Kier molecular flexibility index (Phi) is 8.26. The zero-order valence-corrected chi connectivity index (χ0v) is 24.8. The number of hydrogen-bond acceptors (Lipinski definition) is 6. The second kappa shape index (κ2) is 11.9. The summed E-state index contributed by atoms with van der Waals surface area (Å²) in [6.45, 7) is 12.1. The van der Waals surface area contributed by atoms with Gasteiger partial charge in [0.15, 0.2) is 0 Å². The van der Waals surface area contributed by atoms with Crippen LogP contribution in [0.3, 0.4) is 0 Å². The minimum Gasteiger partial charge on any atom is -0.366 e. The van der Waals surface area contributed by atoms with E-state index in [9.17, 15) is 9.59 Å². The molecular formula is C32H41N7O2. The summed E-state index contributed by atoms with van der Waals surface area (Å²) in [6, 6.07) is 10.2. The van der Waals surface area contributed by atoms with Crippen LogP contribution < -0.4 is 16.2 Å². The number of aromatic nitrogens is 4. The molecule has 0 atom stereocenters. The van der Waals surface area contributed by atoms with Crippen molar-refractivity contribution in [2.24, 2.45) is 5.73 Å². The highest BCUT2D eigenvalue weighted by atomic mass is 16.1.